The summed E-state index contributed by atoms with van der Waals surface area (Å²) in [5.74, 6) is 1.09. The molecule has 1 aromatic rings. The van der Waals surface area contributed by atoms with E-state index >= 15 is 0 Å². The summed E-state index contributed by atoms with van der Waals surface area (Å²) < 4.78 is 0. The van der Waals surface area contributed by atoms with Crippen LogP contribution < -0.4 is 10.6 Å². The van der Waals surface area contributed by atoms with E-state index in [0.717, 1.165) is 17.9 Å². The molecule has 1 atom stereocenters. The first-order valence-corrected chi connectivity index (χ1v) is 6.79. The van der Waals surface area contributed by atoms with Gasteiger partial charge in [-0.15, -0.1) is 0 Å². The van der Waals surface area contributed by atoms with Crippen LogP contribution in [0.1, 0.15) is 44.6 Å². The van der Waals surface area contributed by atoms with E-state index in [1.165, 1.54) is 32.1 Å². The molecule has 2 rings (SSSR count). The van der Waals surface area contributed by atoms with Crippen LogP contribution in [-0.4, -0.2) is 23.4 Å². The van der Waals surface area contributed by atoms with Crippen LogP contribution in [0.4, 0.5) is 5.82 Å². The van der Waals surface area contributed by atoms with Crippen molar-refractivity contribution in [1.29, 1.82) is 5.41 Å². The molecule has 1 fully saturated rings. The van der Waals surface area contributed by atoms with Gasteiger partial charge in [0.05, 0.1) is 0 Å². The number of nitrogen functional groups attached to an aromatic ring is 1. The van der Waals surface area contributed by atoms with Crippen molar-refractivity contribution in [2.75, 3.05) is 11.4 Å². The molecule has 0 spiro atoms. The van der Waals surface area contributed by atoms with Crippen molar-refractivity contribution in [3.63, 3.8) is 0 Å². The standard InChI is InChI=1S/C14H22N4/c1-2-5-12-6-3-4-9-18(12)13-10-11(14(15)16)7-8-17-13/h7-8,10,12H,2-6,9H2,1H3,(H3,15,16). The fraction of sp³-hybridized carbons (Fsp3) is 0.571. The number of anilines is 1. The molecule has 3 N–H and O–H groups in total. The first-order valence-electron chi connectivity index (χ1n) is 6.79. The second-order valence-corrected chi connectivity index (χ2v) is 4.95. The molecule has 4 nitrogen and oxygen atoms in total. The molecule has 1 aromatic heterocycles. The van der Waals surface area contributed by atoms with Crippen LogP contribution in [-0.2, 0) is 0 Å². The molecular weight excluding hydrogens is 224 g/mol. The molecule has 2 heterocycles. The molecule has 0 aromatic carbocycles. The van der Waals surface area contributed by atoms with Crippen LogP contribution in [0.3, 0.4) is 0 Å². The molecule has 98 valence electrons. The van der Waals surface area contributed by atoms with Crippen molar-refractivity contribution in [1.82, 2.24) is 4.98 Å². The van der Waals surface area contributed by atoms with Crippen molar-refractivity contribution in [3.05, 3.63) is 23.9 Å². The fourth-order valence-electron chi connectivity index (χ4n) is 2.68. The largest absolute Gasteiger partial charge is 0.384 e. The SMILES string of the molecule is CCCC1CCCCN1c1cc(C(=N)N)ccn1. The normalized spacial score (nSPS) is 19.8. The maximum Gasteiger partial charge on any atom is 0.129 e. The summed E-state index contributed by atoms with van der Waals surface area (Å²) in [4.78, 5) is 6.84. The Hall–Kier alpha value is -1.58. The van der Waals surface area contributed by atoms with E-state index in [9.17, 15) is 0 Å². The van der Waals surface area contributed by atoms with E-state index in [-0.39, 0.29) is 5.84 Å². The Kier molecular flexibility index (Phi) is 4.18. The molecule has 1 saturated heterocycles. The molecule has 1 aliphatic heterocycles. The van der Waals surface area contributed by atoms with Crippen molar-refractivity contribution in [2.24, 2.45) is 5.73 Å². The minimum absolute atomic E-state index is 0.114. The van der Waals surface area contributed by atoms with Gasteiger partial charge in [-0.25, -0.2) is 4.98 Å². The summed E-state index contributed by atoms with van der Waals surface area (Å²) in [7, 11) is 0. The summed E-state index contributed by atoms with van der Waals surface area (Å²) in [6, 6.07) is 4.33. The number of hydrogen-bond acceptors (Lipinski definition) is 3. The molecule has 1 aliphatic rings. The van der Waals surface area contributed by atoms with Gasteiger partial charge in [-0.05, 0) is 37.8 Å². The lowest BCUT2D eigenvalue weighted by atomic mass is 9.98. The number of hydrogen-bond donors (Lipinski definition) is 2. The Labute approximate surface area is 109 Å². The topological polar surface area (TPSA) is 66.0 Å². The number of amidine groups is 1. The summed E-state index contributed by atoms with van der Waals surface area (Å²) in [6.07, 6.45) is 7.96. The predicted octanol–water partition coefficient (Wildman–Crippen LogP) is 2.52. The van der Waals surface area contributed by atoms with Crippen molar-refractivity contribution in [3.8, 4) is 0 Å². The van der Waals surface area contributed by atoms with Gasteiger partial charge < -0.3 is 10.6 Å². The maximum absolute atomic E-state index is 7.51. The summed E-state index contributed by atoms with van der Waals surface area (Å²) in [6.45, 7) is 3.30. The second-order valence-electron chi connectivity index (χ2n) is 4.95. The first kappa shape index (κ1) is 12.9. The van der Waals surface area contributed by atoms with Gasteiger partial charge in [0.1, 0.15) is 11.7 Å². The Balaban J connectivity index is 2.22. The molecule has 4 heteroatoms. The molecule has 18 heavy (non-hydrogen) atoms. The first-order chi connectivity index (χ1) is 8.72. The lowest BCUT2D eigenvalue weighted by Crippen LogP contribution is -2.40. The van der Waals surface area contributed by atoms with Crippen LogP contribution in [0.15, 0.2) is 18.3 Å². The summed E-state index contributed by atoms with van der Waals surface area (Å²) >= 11 is 0. The third-order valence-electron chi connectivity index (χ3n) is 3.60. The van der Waals surface area contributed by atoms with E-state index < -0.39 is 0 Å². The number of nitrogens with zero attached hydrogens (tertiary/aromatic N) is 2. The number of aromatic nitrogens is 1. The van der Waals surface area contributed by atoms with Crippen LogP contribution in [0.5, 0.6) is 0 Å². The lowest BCUT2D eigenvalue weighted by molar-refractivity contribution is 0.432. The zero-order valence-electron chi connectivity index (χ0n) is 11.0. The van der Waals surface area contributed by atoms with Crippen molar-refractivity contribution >= 4 is 11.7 Å². The third-order valence-corrected chi connectivity index (χ3v) is 3.60. The Morgan fingerprint density at radius 3 is 3.11 bits per heavy atom. The van der Waals surface area contributed by atoms with Gasteiger partial charge in [-0.2, -0.15) is 0 Å². The second kappa shape index (κ2) is 5.85. The summed E-state index contributed by atoms with van der Waals surface area (Å²) in [5, 5.41) is 7.51. The average Bonchev–Trinajstić information content (AvgIpc) is 2.40. The van der Waals surface area contributed by atoms with E-state index in [4.69, 9.17) is 11.1 Å². The zero-order chi connectivity index (χ0) is 13.0. The zero-order valence-corrected chi connectivity index (χ0v) is 11.0. The molecule has 0 radical (unpaired) electrons. The Morgan fingerprint density at radius 1 is 1.56 bits per heavy atom. The fourth-order valence-corrected chi connectivity index (χ4v) is 2.68. The molecule has 1 unspecified atom stereocenters. The van der Waals surface area contributed by atoms with E-state index in [1.54, 1.807) is 12.3 Å². The van der Waals surface area contributed by atoms with Crippen molar-refractivity contribution < 1.29 is 0 Å². The Bertz CT molecular complexity index is 414. The van der Waals surface area contributed by atoms with Crippen LogP contribution in [0.2, 0.25) is 0 Å². The van der Waals surface area contributed by atoms with Gasteiger partial charge in [0, 0.05) is 24.3 Å². The molecular formula is C14H22N4. The highest BCUT2D eigenvalue weighted by molar-refractivity contribution is 5.95. The minimum atomic E-state index is 0.114. The van der Waals surface area contributed by atoms with Crippen LogP contribution >= 0.6 is 0 Å². The van der Waals surface area contributed by atoms with Gasteiger partial charge in [0.2, 0.25) is 0 Å². The van der Waals surface area contributed by atoms with Gasteiger partial charge in [0.15, 0.2) is 0 Å². The monoisotopic (exact) mass is 246 g/mol. The third kappa shape index (κ3) is 2.81. The smallest absolute Gasteiger partial charge is 0.129 e. The number of pyridine rings is 1. The number of nitrogens with one attached hydrogen (secondary N) is 1. The number of rotatable bonds is 4. The van der Waals surface area contributed by atoms with Crippen LogP contribution in [0.25, 0.3) is 0 Å². The minimum Gasteiger partial charge on any atom is -0.384 e. The number of nitrogens with two attached hydrogens (primary N) is 1. The molecule has 0 amide bonds. The van der Waals surface area contributed by atoms with Crippen molar-refractivity contribution in [2.45, 2.75) is 45.1 Å². The maximum atomic E-state index is 7.51. The highest BCUT2D eigenvalue weighted by atomic mass is 15.2. The van der Waals surface area contributed by atoms with E-state index in [0.29, 0.717) is 6.04 Å². The number of piperidine rings is 1. The van der Waals surface area contributed by atoms with Gasteiger partial charge in [0.25, 0.3) is 0 Å². The van der Waals surface area contributed by atoms with E-state index in [1.807, 2.05) is 6.07 Å². The molecule has 0 aliphatic carbocycles. The average molecular weight is 246 g/mol. The highest BCUT2D eigenvalue weighted by Crippen LogP contribution is 2.26. The Morgan fingerprint density at radius 2 is 2.39 bits per heavy atom. The molecule has 0 bridgehead atoms. The van der Waals surface area contributed by atoms with Gasteiger partial charge in [-0.3, -0.25) is 5.41 Å². The van der Waals surface area contributed by atoms with Crippen LogP contribution in [0, 0.1) is 5.41 Å². The van der Waals surface area contributed by atoms with E-state index in [2.05, 4.69) is 16.8 Å². The highest BCUT2D eigenvalue weighted by Gasteiger charge is 2.22. The van der Waals surface area contributed by atoms with Gasteiger partial charge >= 0.3 is 0 Å². The molecule has 0 saturated carbocycles. The quantitative estimate of drug-likeness (QED) is 0.633. The predicted molar refractivity (Wildman–Crippen MR) is 75.1 cm³/mol. The lowest BCUT2D eigenvalue weighted by Gasteiger charge is -2.36. The van der Waals surface area contributed by atoms with Gasteiger partial charge in [-0.1, -0.05) is 13.3 Å². The summed E-state index contributed by atoms with van der Waals surface area (Å²) in [5.41, 5.74) is 6.31.